The Morgan fingerprint density at radius 1 is 0.742 bits per heavy atom. The summed E-state index contributed by atoms with van der Waals surface area (Å²) in [6.07, 6.45) is 7.28. The number of halogens is 1. The van der Waals surface area contributed by atoms with Crippen LogP contribution in [0.5, 0.6) is 0 Å². The second-order valence-corrected chi connectivity index (χ2v) is 10.2. The standard InChI is InChI=1S/C28H22BrNS/c29-19-15-16-26-24(17-19)28-23-14-8-7-13-22(23)25(18-27(28)31-26)30(20-9-3-1-4-10-20)21-11-5-2-6-12-21/h1,3-4,7-11,13-18H,2,5-6,12H2. The Balaban J connectivity index is 1.70. The molecule has 0 radical (unpaired) electrons. The van der Waals surface area contributed by atoms with Crippen LogP contribution in [0.1, 0.15) is 25.7 Å². The molecule has 1 aliphatic carbocycles. The summed E-state index contributed by atoms with van der Waals surface area (Å²) in [7, 11) is 0. The molecule has 4 aromatic carbocycles. The summed E-state index contributed by atoms with van der Waals surface area (Å²) in [5, 5.41) is 5.34. The topological polar surface area (TPSA) is 3.24 Å². The first-order valence-corrected chi connectivity index (χ1v) is 12.5. The van der Waals surface area contributed by atoms with Gasteiger partial charge >= 0.3 is 0 Å². The van der Waals surface area contributed by atoms with Crippen molar-refractivity contribution in [3.8, 4) is 0 Å². The van der Waals surface area contributed by atoms with Crippen LogP contribution in [0.4, 0.5) is 11.4 Å². The van der Waals surface area contributed by atoms with Crippen LogP contribution >= 0.6 is 27.3 Å². The maximum Gasteiger partial charge on any atom is 0.0551 e. The van der Waals surface area contributed by atoms with Gasteiger partial charge in [0.2, 0.25) is 0 Å². The normalized spacial score (nSPS) is 14.3. The predicted octanol–water partition coefficient (Wildman–Crippen LogP) is 9.57. The average molecular weight is 484 g/mol. The van der Waals surface area contributed by atoms with Gasteiger partial charge in [-0.1, -0.05) is 64.5 Å². The third kappa shape index (κ3) is 3.28. The number of allylic oxidation sites excluding steroid dienone is 2. The van der Waals surface area contributed by atoms with Crippen LogP contribution in [0.3, 0.4) is 0 Å². The highest BCUT2D eigenvalue weighted by Crippen LogP contribution is 2.46. The van der Waals surface area contributed by atoms with Crippen molar-refractivity contribution < 1.29 is 0 Å². The maximum atomic E-state index is 3.68. The highest BCUT2D eigenvalue weighted by molar-refractivity contribution is 9.10. The lowest BCUT2D eigenvalue weighted by Gasteiger charge is -2.31. The van der Waals surface area contributed by atoms with Gasteiger partial charge in [-0.15, -0.1) is 11.3 Å². The highest BCUT2D eigenvalue weighted by atomic mass is 79.9. The summed E-state index contributed by atoms with van der Waals surface area (Å²) < 4.78 is 3.81. The molecule has 0 amide bonds. The second kappa shape index (κ2) is 7.81. The van der Waals surface area contributed by atoms with Crippen LogP contribution in [0.2, 0.25) is 0 Å². The number of benzene rings is 4. The molecule has 0 saturated heterocycles. The van der Waals surface area contributed by atoms with Gasteiger partial charge in [0.05, 0.1) is 5.69 Å². The minimum absolute atomic E-state index is 1.13. The molecule has 0 atom stereocenters. The summed E-state index contributed by atoms with van der Waals surface area (Å²) in [5.74, 6) is 0. The lowest BCUT2D eigenvalue weighted by molar-refractivity contribution is 0.691. The van der Waals surface area contributed by atoms with E-state index in [9.17, 15) is 0 Å². The van der Waals surface area contributed by atoms with Crippen LogP contribution < -0.4 is 4.90 Å². The van der Waals surface area contributed by atoms with Crippen LogP contribution in [0.25, 0.3) is 30.9 Å². The van der Waals surface area contributed by atoms with Crippen LogP contribution in [-0.4, -0.2) is 0 Å². The Kier molecular flexibility index (Phi) is 4.81. The van der Waals surface area contributed by atoms with E-state index >= 15 is 0 Å². The third-order valence-electron chi connectivity index (χ3n) is 6.23. The Morgan fingerprint density at radius 3 is 2.35 bits per heavy atom. The Bertz CT molecular complexity index is 1450. The predicted molar refractivity (Wildman–Crippen MR) is 140 cm³/mol. The van der Waals surface area contributed by atoms with Crippen molar-refractivity contribution in [2.45, 2.75) is 25.7 Å². The van der Waals surface area contributed by atoms with Gasteiger partial charge in [0, 0.05) is 41.4 Å². The van der Waals surface area contributed by atoms with Gasteiger partial charge in [0.1, 0.15) is 0 Å². The van der Waals surface area contributed by atoms with E-state index in [4.69, 9.17) is 0 Å². The van der Waals surface area contributed by atoms with Gasteiger partial charge in [-0.25, -0.2) is 0 Å². The first kappa shape index (κ1) is 19.1. The summed E-state index contributed by atoms with van der Waals surface area (Å²) >= 11 is 5.57. The molecule has 1 aromatic heterocycles. The lowest BCUT2D eigenvalue weighted by Crippen LogP contribution is -2.18. The molecule has 0 N–H and O–H groups in total. The molecule has 0 spiro atoms. The van der Waals surface area contributed by atoms with Crippen LogP contribution in [0, 0.1) is 0 Å². The number of hydrogen-bond acceptors (Lipinski definition) is 2. The fourth-order valence-corrected chi connectivity index (χ4v) is 6.34. The van der Waals surface area contributed by atoms with Crippen molar-refractivity contribution in [3.63, 3.8) is 0 Å². The maximum absolute atomic E-state index is 3.68. The van der Waals surface area contributed by atoms with E-state index in [1.54, 1.807) is 0 Å². The molecule has 0 bridgehead atoms. The van der Waals surface area contributed by atoms with Gasteiger partial charge in [-0.05, 0) is 67.5 Å². The molecule has 0 unspecified atom stereocenters. The van der Waals surface area contributed by atoms with Gasteiger partial charge in [-0.3, -0.25) is 0 Å². The molecule has 0 fully saturated rings. The summed E-state index contributed by atoms with van der Waals surface area (Å²) in [6, 6.07) is 28.8. The summed E-state index contributed by atoms with van der Waals surface area (Å²) in [6.45, 7) is 0. The number of fused-ring (bicyclic) bond motifs is 5. The molecule has 5 aromatic rings. The van der Waals surface area contributed by atoms with E-state index in [1.807, 2.05) is 11.3 Å². The third-order valence-corrected chi connectivity index (χ3v) is 7.84. The smallest absolute Gasteiger partial charge is 0.0551 e. The number of rotatable bonds is 3. The SMILES string of the molecule is Brc1ccc2sc3cc(N(C4=CCCCC4)c4ccccc4)c4ccccc4c3c2c1. The first-order valence-electron chi connectivity index (χ1n) is 10.9. The minimum atomic E-state index is 1.13. The van der Waals surface area contributed by atoms with Crippen LogP contribution in [-0.2, 0) is 0 Å². The molecule has 6 rings (SSSR count). The monoisotopic (exact) mass is 483 g/mol. The van der Waals surface area contributed by atoms with E-state index in [1.165, 1.54) is 60.9 Å². The fraction of sp³-hybridized carbons (Fsp3) is 0.143. The zero-order valence-corrected chi connectivity index (χ0v) is 19.5. The number of para-hydroxylation sites is 1. The minimum Gasteiger partial charge on any atom is -0.314 e. The Hall–Kier alpha value is -2.62. The highest BCUT2D eigenvalue weighted by Gasteiger charge is 2.21. The van der Waals surface area contributed by atoms with Gasteiger partial charge in [0.15, 0.2) is 0 Å². The molecule has 1 heterocycles. The number of hydrogen-bond donors (Lipinski definition) is 0. The summed E-state index contributed by atoms with van der Waals surface area (Å²) in [5.41, 5.74) is 3.95. The fourth-order valence-electron chi connectivity index (χ4n) is 4.84. The zero-order chi connectivity index (χ0) is 20.8. The van der Waals surface area contributed by atoms with Crippen molar-refractivity contribution in [2.24, 2.45) is 0 Å². The molecule has 1 aliphatic rings. The van der Waals surface area contributed by atoms with Crippen molar-refractivity contribution in [1.29, 1.82) is 0 Å². The van der Waals surface area contributed by atoms with E-state index in [0.29, 0.717) is 0 Å². The molecule has 3 heteroatoms. The largest absolute Gasteiger partial charge is 0.314 e. The molecule has 0 aliphatic heterocycles. The Labute approximate surface area is 194 Å². The van der Waals surface area contributed by atoms with E-state index in [0.717, 1.165) is 17.3 Å². The van der Waals surface area contributed by atoms with Crippen molar-refractivity contribution in [3.05, 3.63) is 95.1 Å². The lowest BCUT2D eigenvalue weighted by atomic mass is 9.98. The van der Waals surface area contributed by atoms with Crippen molar-refractivity contribution >= 4 is 69.6 Å². The van der Waals surface area contributed by atoms with E-state index in [-0.39, 0.29) is 0 Å². The van der Waals surface area contributed by atoms with E-state index < -0.39 is 0 Å². The van der Waals surface area contributed by atoms with Crippen molar-refractivity contribution in [1.82, 2.24) is 0 Å². The number of thiophene rings is 1. The number of anilines is 2. The van der Waals surface area contributed by atoms with Crippen LogP contribution in [0.15, 0.2) is 95.1 Å². The molecular weight excluding hydrogens is 462 g/mol. The second-order valence-electron chi connectivity index (χ2n) is 8.17. The van der Waals surface area contributed by atoms with E-state index in [2.05, 4.69) is 106 Å². The zero-order valence-electron chi connectivity index (χ0n) is 17.1. The first-order chi connectivity index (χ1) is 15.3. The van der Waals surface area contributed by atoms with Gasteiger partial charge in [0.25, 0.3) is 0 Å². The summed E-state index contributed by atoms with van der Waals surface area (Å²) in [4.78, 5) is 2.50. The molecule has 31 heavy (non-hydrogen) atoms. The quantitative estimate of drug-likeness (QED) is 0.246. The number of nitrogens with zero attached hydrogens (tertiary/aromatic N) is 1. The molecule has 152 valence electrons. The molecule has 0 saturated carbocycles. The van der Waals surface area contributed by atoms with Gasteiger partial charge < -0.3 is 4.90 Å². The molecule has 1 nitrogen and oxygen atoms in total. The average Bonchev–Trinajstić information content (AvgIpc) is 3.18. The Morgan fingerprint density at radius 2 is 1.55 bits per heavy atom. The van der Waals surface area contributed by atoms with Crippen molar-refractivity contribution in [2.75, 3.05) is 4.90 Å². The molecular formula is C28H22BrNS. The van der Waals surface area contributed by atoms with Gasteiger partial charge in [-0.2, -0.15) is 0 Å².